The highest BCUT2D eigenvalue weighted by molar-refractivity contribution is 5.93. The Morgan fingerprint density at radius 1 is 1.23 bits per heavy atom. The van der Waals surface area contributed by atoms with Crippen LogP contribution < -0.4 is 0 Å². The number of hydrogen-bond donors (Lipinski definition) is 0. The van der Waals surface area contributed by atoms with Gasteiger partial charge >= 0.3 is 0 Å². The minimum Gasteiger partial charge on any atom is -0.472 e. The third-order valence-corrected chi connectivity index (χ3v) is 6.78. The zero-order valence-corrected chi connectivity index (χ0v) is 17.5. The van der Waals surface area contributed by atoms with Gasteiger partial charge in [0.25, 0.3) is 0 Å². The lowest BCUT2D eigenvalue weighted by Crippen LogP contribution is -2.44. The summed E-state index contributed by atoms with van der Waals surface area (Å²) in [6.45, 7) is 5.63. The van der Waals surface area contributed by atoms with E-state index in [0.29, 0.717) is 19.6 Å². The van der Waals surface area contributed by atoms with E-state index >= 15 is 0 Å². The van der Waals surface area contributed by atoms with Crippen molar-refractivity contribution < 1.29 is 18.7 Å². The zero-order valence-electron chi connectivity index (χ0n) is 17.5. The lowest BCUT2D eigenvalue weighted by atomic mass is 9.76. The van der Waals surface area contributed by atoms with Crippen LogP contribution in [-0.4, -0.2) is 46.9 Å². The highest BCUT2D eigenvalue weighted by Crippen LogP contribution is 2.52. The smallest absolute Gasteiger partial charge is 0.230 e. The third kappa shape index (κ3) is 2.89. The second-order valence-electron chi connectivity index (χ2n) is 8.84. The molecule has 1 spiro atoms. The number of ether oxygens (including phenoxy) is 1. The molecular formula is C24H26N2O4. The summed E-state index contributed by atoms with van der Waals surface area (Å²) in [5, 5.41) is 0. The predicted molar refractivity (Wildman–Crippen MR) is 110 cm³/mol. The molecular weight excluding hydrogens is 380 g/mol. The van der Waals surface area contributed by atoms with Crippen molar-refractivity contribution in [3.63, 3.8) is 0 Å². The average Bonchev–Trinajstić information content (AvgIpc) is 3.47. The Morgan fingerprint density at radius 3 is 2.80 bits per heavy atom. The van der Waals surface area contributed by atoms with Crippen LogP contribution in [0.1, 0.15) is 22.3 Å². The van der Waals surface area contributed by atoms with E-state index in [1.807, 2.05) is 23.1 Å². The molecule has 1 aromatic carbocycles. The monoisotopic (exact) mass is 406 g/mol. The summed E-state index contributed by atoms with van der Waals surface area (Å²) in [4.78, 5) is 30.2. The largest absolute Gasteiger partial charge is 0.472 e. The standard InChI is InChI=1S/C24H26N2O4/c1-15-4-5-17(10-16(15)2)12-26-14-24-8-6-19(30-24)20(21(24)23(26)28)22(27)25(3)11-18-7-9-29-13-18/h4-10,13,19-21H,11-12,14H2,1-3H3. The fraction of sp³-hybridized carbons (Fsp3) is 0.417. The van der Waals surface area contributed by atoms with Gasteiger partial charge in [0.1, 0.15) is 5.60 Å². The Hall–Kier alpha value is -2.86. The normalized spacial score (nSPS) is 29.0. The van der Waals surface area contributed by atoms with E-state index in [2.05, 4.69) is 32.0 Å². The molecule has 2 amide bonds. The van der Waals surface area contributed by atoms with E-state index in [0.717, 1.165) is 11.1 Å². The number of likely N-dealkylation sites (tertiary alicyclic amines) is 1. The molecule has 4 atom stereocenters. The summed E-state index contributed by atoms with van der Waals surface area (Å²) in [7, 11) is 1.77. The van der Waals surface area contributed by atoms with E-state index < -0.39 is 17.4 Å². The molecule has 6 heteroatoms. The van der Waals surface area contributed by atoms with Crippen molar-refractivity contribution in [3.8, 4) is 0 Å². The number of carbonyl (C=O) groups excluding carboxylic acids is 2. The number of benzene rings is 1. The fourth-order valence-corrected chi connectivity index (χ4v) is 5.11. The molecule has 0 N–H and O–H groups in total. The quantitative estimate of drug-likeness (QED) is 0.717. The van der Waals surface area contributed by atoms with Crippen molar-refractivity contribution in [2.45, 2.75) is 38.6 Å². The molecule has 2 aromatic rings. The van der Waals surface area contributed by atoms with Gasteiger partial charge in [-0.25, -0.2) is 0 Å². The first-order valence-electron chi connectivity index (χ1n) is 10.4. The number of aryl methyl sites for hydroxylation is 2. The Kier molecular flexibility index (Phi) is 4.36. The lowest BCUT2D eigenvalue weighted by molar-refractivity contribution is -0.142. The molecule has 1 aromatic heterocycles. The first-order valence-corrected chi connectivity index (χ1v) is 10.4. The summed E-state index contributed by atoms with van der Waals surface area (Å²) in [6, 6.07) is 8.12. The minimum absolute atomic E-state index is 0.00939. The van der Waals surface area contributed by atoms with Crippen LogP contribution in [0, 0.1) is 25.7 Å². The Labute approximate surface area is 176 Å². The third-order valence-electron chi connectivity index (χ3n) is 6.78. The van der Waals surface area contributed by atoms with E-state index in [-0.39, 0.29) is 17.9 Å². The summed E-state index contributed by atoms with van der Waals surface area (Å²) < 4.78 is 11.4. The van der Waals surface area contributed by atoms with Crippen LogP contribution in [0.3, 0.4) is 0 Å². The SMILES string of the molecule is Cc1ccc(CN2CC34C=CC(O3)C(C(=O)N(C)Cc3ccoc3)C4C2=O)cc1C. The van der Waals surface area contributed by atoms with Gasteiger partial charge in [0.05, 0.1) is 37.0 Å². The Balaban J connectivity index is 1.36. The molecule has 0 saturated carbocycles. The zero-order chi connectivity index (χ0) is 21.0. The molecule has 156 valence electrons. The first-order chi connectivity index (χ1) is 14.4. The molecule has 2 saturated heterocycles. The van der Waals surface area contributed by atoms with Crippen LogP contribution in [0.2, 0.25) is 0 Å². The molecule has 6 nitrogen and oxygen atoms in total. The second kappa shape index (κ2) is 6.84. The first kappa shape index (κ1) is 19.1. The van der Waals surface area contributed by atoms with Gasteiger partial charge < -0.3 is 19.0 Å². The number of rotatable bonds is 5. The molecule has 3 aliphatic rings. The van der Waals surface area contributed by atoms with Gasteiger partial charge in [-0.1, -0.05) is 30.4 Å². The molecule has 2 bridgehead atoms. The van der Waals surface area contributed by atoms with E-state index in [9.17, 15) is 9.59 Å². The molecule has 5 rings (SSSR count). The Morgan fingerprint density at radius 2 is 2.07 bits per heavy atom. The summed E-state index contributed by atoms with van der Waals surface area (Å²) in [5.74, 6) is -0.989. The number of carbonyl (C=O) groups is 2. The van der Waals surface area contributed by atoms with Crippen molar-refractivity contribution >= 4 is 11.8 Å². The lowest BCUT2D eigenvalue weighted by Gasteiger charge is -2.27. The number of hydrogen-bond acceptors (Lipinski definition) is 4. The van der Waals surface area contributed by atoms with Crippen molar-refractivity contribution in [2.75, 3.05) is 13.6 Å². The van der Waals surface area contributed by atoms with E-state index in [1.165, 1.54) is 11.1 Å². The maximum Gasteiger partial charge on any atom is 0.230 e. The van der Waals surface area contributed by atoms with Crippen LogP contribution in [0.25, 0.3) is 0 Å². The van der Waals surface area contributed by atoms with E-state index in [4.69, 9.17) is 9.15 Å². The van der Waals surface area contributed by atoms with Gasteiger partial charge in [-0.3, -0.25) is 9.59 Å². The summed E-state index contributed by atoms with van der Waals surface area (Å²) in [5.41, 5.74) is 3.79. The van der Waals surface area contributed by atoms with Crippen LogP contribution in [0.5, 0.6) is 0 Å². The second-order valence-corrected chi connectivity index (χ2v) is 8.84. The number of furan rings is 1. The maximum absolute atomic E-state index is 13.4. The molecule has 4 heterocycles. The topological polar surface area (TPSA) is 63.0 Å². The van der Waals surface area contributed by atoms with Crippen molar-refractivity contribution in [1.82, 2.24) is 9.80 Å². The van der Waals surface area contributed by atoms with Gasteiger partial charge in [0.15, 0.2) is 0 Å². The number of amides is 2. The highest BCUT2D eigenvalue weighted by atomic mass is 16.5. The average molecular weight is 406 g/mol. The number of nitrogens with zero attached hydrogens (tertiary/aromatic N) is 2. The van der Waals surface area contributed by atoms with Gasteiger partial charge in [-0.15, -0.1) is 0 Å². The van der Waals surface area contributed by atoms with Crippen LogP contribution in [-0.2, 0) is 27.4 Å². The van der Waals surface area contributed by atoms with Crippen LogP contribution in [0.4, 0.5) is 0 Å². The minimum atomic E-state index is -0.682. The molecule has 30 heavy (non-hydrogen) atoms. The van der Waals surface area contributed by atoms with Crippen molar-refractivity contribution in [2.24, 2.45) is 11.8 Å². The van der Waals surface area contributed by atoms with Gasteiger partial charge in [-0.2, -0.15) is 0 Å². The summed E-state index contributed by atoms with van der Waals surface area (Å²) in [6.07, 6.45) is 6.85. The van der Waals surface area contributed by atoms with Gasteiger partial charge in [0.2, 0.25) is 11.8 Å². The molecule has 0 radical (unpaired) electrons. The van der Waals surface area contributed by atoms with Gasteiger partial charge in [0, 0.05) is 25.7 Å². The summed E-state index contributed by atoms with van der Waals surface area (Å²) >= 11 is 0. The highest BCUT2D eigenvalue weighted by Gasteiger charge is 2.67. The molecule has 0 aliphatic carbocycles. The van der Waals surface area contributed by atoms with Crippen LogP contribution >= 0.6 is 0 Å². The Bertz CT molecular complexity index is 1030. The fourth-order valence-electron chi connectivity index (χ4n) is 5.11. The molecule has 2 fully saturated rings. The van der Waals surface area contributed by atoms with Crippen LogP contribution in [0.15, 0.2) is 53.4 Å². The van der Waals surface area contributed by atoms with E-state index in [1.54, 1.807) is 24.5 Å². The number of fused-ring (bicyclic) bond motifs is 1. The van der Waals surface area contributed by atoms with Gasteiger partial charge in [-0.05, 0) is 36.6 Å². The maximum atomic E-state index is 13.4. The molecule has 3 aliphatic heterocycles. The molecule has 4 unspecified atom stereocenters. The van der Waals surface area contributed by atoms with Crippen molar-refractivity contribution in [3.05, 3.63) is 71.2 Å². The predicted octanol–water partition coefficient (Wildman–Crippen LogP) is 2.84. The van der Waals surface area contributed by atoms with Crippen molar-refractivity contribution in [1.29, 1.82) is 0 Å².